The summed E-state index contributed by atoms with van der Waals surface area (Å²) in [6.45, 7) is 4.62. The van der Waals surface area contributed by atoms with Crippen molar-refractivity contribution in [2.75, 3.05) is 30.8 Å². The highest BCUT2D eigenvalue weighted by molar-refractivity contribution is 8.00. The Morgan fingerprint density at radius 1 is 1.15 bits per heavy atom. The smallest absolute Gasteiger partial charge is 0.0411 e. The number of para-hydroxylation sites is 1. The minimum atomic E-state index is 0.530. The molecule has 1 aliphatic heterocycles. The van der Waals surface area contributed by atoms with Crippen molar-refractivity contribution in [3.8, 4) is 0 Å². The van der Waals surface area contributed by atoms with Gasteiger partial charge in [0.2, 0.25) is 0 Å². The Bertz CT molecular complexity index is 431. The molecule has 1 saturated carbocycles. The van der Waals surface area contributed by atoms with Gasteiger partial charge in [0, 0.05) is 36.6 Å². The summed E-state index contributed by atoms with van der Waals surface area (Å²) in [7, 11) is 0. The Labute approximate surface area is 127 Å². The van der Waals surface area contributed by atoms with Crippen molar-refractivity contribution in [1.82, 2.24) is 5.32 Å². The number of hydrogen-bond acceptors (Lipinski definition) is 3. The lowest BCUT2D eigenvalue weighted by atomic mass is 9.84. The molecule has 3 heteroatoms. The average molecular weight is 290 g/mol. The van der Waals surface area contributed by atoms with Gasteiger partial charge in [0.05, 0.1) is 0 Å². The Balaban J connectivity index is 1.59. The quantitative estimate of drug-likeness (QED) is 0.860. The highest BCUT2D eigenvalue weighted by atomic mass is 32.2. The summed E-state index contributed by atoms with van der Waals surface area (Å²) >= 11 is 2.05. The Morgan fingerprint density at radius 2 is 1.90 bits per heavy atom. The number of nitrogens with zero attached hydrogens (tertiary/aromatic N) is 1. The van der Waals surface area contributed by atoms with E-state index >= 15 is 0 Å². The van der Waals surface area contributed by atoms with Crippen LogP contribution in [-0.2, 0) is 6.54 Å². The zero-order valence-corrected chi connectivity index (χ0v) is 13.3. The molecule has 0 aromatic heterocycles. The molecule has 1 N–H and O–H groups in total. The van der Waals surface area contributed by atoms with Crippen molar-refractivity contribution in [2.24, 2.45) is 0 Å². The van der Waals surface area contributed by atoms with E-state index in [0.717, 1.165) is 13.1 Å². The van der Waals surface area contributed by atoms with E-state index in [-0.39, 0.29) is 0 Å². The van der Waals surface area contributed by atoms with Crippen molar-refractivity contribution in [3.63, 3.8) is 0 Å². The van der Waals surface area contributed by atoms with Gasteiger partial charge in [-0.3, -0.25) is 0 Å². The van der Waals surface area contributed by atoms with Crippen molar-refractivity contribution in [3.05, 3.63) is 29.8 Å². The lowest BCUT2D eigenvalue weighted by Crippen LogP contribution is -2.43. The lowest BCUT2D eigenvalue weighted by Gasteiger charge is -2.40. The van der Waals surface area contributed by atoms with E-state index in [1.165, 1.54) is 56.4 Å². The van der Waals surface area contributed by atoms with Crippen molar-refractivity contribution < 1.29 is 0 Å². The molecule has 2 nitrogen and oxygen atoms in total. The summed E-state index contributed by atoms with van der Waals surface area (Å²) in [6, 6.07) is 8.92. The van der Waals surface area contributed by atoms with E-state index in [0.29, 0.717) is 4.75 Å². The third-order valence-electron chi connectivity index (χ3n) is 4.90. The molecule has 0 unspecified atom stereocenters. The van der Waals surface area contributed by atoms with Crippen LogP contribution >= 0.6 is 11.8 Å². The molecule has 0 atom stereocenters. The molecular weight excluding hydrogens is 264 g/mol. The molecule has 1 heterocycles. The molecule has 3 rings (SSSR count). The zero-order chi connectivity index (χ0) is 13.8. The highest BCUT2D eigenvalue weighted by Gasteiger charge is 2.35. The maximum Gasteiger partial charge on any atom is 0.0411 e. The minimum absolute atomic E-state index is 0.530. The van der Waals surface area contributed by atoms with Crippen LogP contribution in [0.5, 0.6) is 0 Å². The van der Waals surface area contributed by atoms with Gasteiger partial charge >= 0.3 is 0 Å². The van der Waals surface area contributed by atoms with Crippen LogP contribution in [0.15, 0.2) is 24.3 Å². The molecule has 0 amide bonds. The average Bonchev–Trinajstić information content (AvgIpc) is 2.96. The Morgan fingerprint density at radius 3 is 2.55 bits per heavy atom. The molecule has 0 bridgehead atoms. The predicted molar refractivity (Wildman–Crippen MR) is 89.7 cm³/mol. The second-order valence-electron chi connectivity index (χ2n) is 6.17. The fourth-order valence-electron chi connectivity index (χ4n) is 3.38. The molecule has 20 heavy (non-hydrogen) atoms. The van der Waals surface area contributed by atoms with Gasteiger partial charge in [-0.05, 0) is 43.6 Å². The number of anilines is 1. The van der Waals surface area contributed by atoms with Gasteiger partial charge in [-0.2, -0.15) is 11.8 Å². The third-order valence-corrected chi connectivity index (χ3v) is 6.32. The maximum absolute atomic E-state index is 3.71. The molecular formula is C17H26N2S. The zero-order valence-electron chi connectivity index (χ0n) is 12.5. The van der Waals surface area contributed by atoms with Crippen LogP contribution in [-0.4, -0.2) is 30.6 Å². The highest BCUT2D eigenvalue weighted by Crippen LogP contribution is 2.42. The Kier molecular flexibility index (Phi) is 4.57. The van der Waals surface area contributed by atoms with Crippen molar-refractivity contribution in [1.29, 1.82) is 0 Å². The monoisotopic (exact) mass is 290 g/mol. The molecule has 1 aliphatic carbocycles. The summed E-state index contributed by atoms with van der Waals surface area (Å²) in [5.41, 5.74) is 2.91. The van der Waals surface area contributed by atoms with Crippen molar-refractivity contribution in [2.45, 2.75) is 43.4 Å². The topological polar surface area (TPSA) is 15.3 Å². The normalized spacial score (nSPS) is 20.9. The summed E-state index contributed by atoms with van der Waals surface area (Å²) < 4.78 is 0.530. The molecule has 1 aromatic rings. The largest absolute Gasteiger partial charge is 0.371 e. The summed E-state index contributed by atoms with van der Waals surface area (Å²) in [5, 5.41) is 3.71. The van der Waals surface area contributed by atoms with Gasteiger partial charge in [-0.1, -0.05) is 24.6 Å². The van der Waals surface area contributed by atoms with Gasteiger partial charge in [0.25, 0.3) is 0 Å². The molecule has 2 fully saturated rings. The Hall–Kier alpha value is -0.670. The SMILES string of the molecule is CSC1(CNCc2ccccc2N2CCCC2)CCC1. The number of nitrogens with one attached hydrogen (secondary N) is 1. The van der Waals surface area contributed by atoms with E-state index in [1.807, 2.05) is 0 Å². The first kappa shape index (κ1) is 14.3. The van der Waals surface area contributed by atoms with Crippen LogP contribution < -0.4 is 10.2 Å². The fourth-order valence-corrected chi connectivity index (χ4v) is 4.32. The van der Waals surface area contributed by atoms with Crippen LogP contribution in [0, 0.1) is 0 Å². The van der Waals surface area contributed by atoms with Gasteiger partial charge in [-0.25, -0.2) is 0 Å². The molecule has 110 valence electrons. The van der Waals surface area contributed by atoms with Gasteiger partial charge in [0.15, 0.2) is 0 Å². The van der Waals surface area contributed by atoms with Gasteiger partial charge in [0.1, 0.15) is 0 Å². The van der Waals surface area contributed by atoms with Crippen LogP contribution in [0.1, 0.15) is 37.7 Å². The van der Waals surface area contributed by atoms with E-state index in [9.17, 15) is 0 Å². The number of benzene rings is 1. The van der Waals surface area contributed by atoms with Crippen LogP contribution in [0.3, 0.4) is 0 Å². The molecule has 1 aromatic carbocycles. The van der Waals surface area contributed by atoms with E-state index in [1.54, 1.807) is 0 Å². The second-order valence-corrected chi connectivity index (χ2v) is 7.44. The first-order valence-corrected chi connectivity index (χ1v) is 9.14. The predicted octanol–water partition coefficient (Wildman–Crippen LogP) is 3.66. The van der Waals surface area contributed by atoms with Crippen molar-refractivity contribution >= 4 is 17.4 Å². The lowest BCUT2D eigenvalue weighted by molar-refractivity contribution is 0.345. The first-order chi connectivity index (χ1) is 9.83. The van der Waals surface area contributed by atoms with E-state index in [4.69, 9.17) is 0 Å². The molecule has 1 saturated heterocycles. The molecule has 0 spiro atoms. The minimum Gasteiger partial charge on any atom is -0.371 e. The number of hydrogen-bond donors (Lipinski definition) is 1. The standard InChI is InChI=1S/C17H26N2S/c1-20-17(9-6-10-17)14-18-13-15-7-2-3-8-16(15)19-11-4-5-12-19/h2-3,7-8,18H,4-6,9-14H2,1H3. The number of thioether (sulfide) groups is 1. The van der Waals surface area contributed by atoms with E-state index in [2.05, 4.69) is 52.5 Å². The second kappa shape index (κ2) is 6.40. The van der Waals surface area contributed by atoms with E-state index < -0.39 is 0 Å². The summed E-state index contributed by atoms with van der Waals surface area (Å²) in [5.74, 6) is 0. The number of rotatable bonds is 6. The molecule has 2 aliphatic rings. The van der Waals surface area contributed by atoms with Gasteiger partial charge in [-0.15, -0.1) is 0 Å². The maximum atomic E-state index is 3.71. The fraction of sp³-hybridized carbons (Fsp3) is 0.647. The van der Waals surface area contributed by atoms with Crippen LogP contribution in [0.2, 0.25) is 0 Å². The summed E-state index contributed by atoms with van der Waals surface area (Å²) in [6.07, 6.45) is 9.13. The van der Waals surface area contributed by atoms with Crippen LogP contribution in [0.4, 0.5) is 5.69 Å². The summed E-state index contributed by atoms with van der Waals surface area (Å²) in [4.78, 5) is 2.55. The van der Waals surface area contributed by atoms with Gasteiger partial charge < -0.3 is 10.2 Å². The third kappa shape index (κ3) is 2.99. The molecule has 0 radical (unpaired) electrons. The van der Waals surface area contributed by atoms with Crippen LogP contribution in [0.25, 0.3) is 0 Å². The first-order valence-electron chi connectivity index (χ1n) is 7.92.